The van der Waals surface area contributed by atoms with Crippen LogP contribution in [0.4, 0.5) is 0 Å². The Morgan fingerprint density at radius 3 is 2.12 bits per heavy atom. The van der Waals surface area contributed by atoms with Crippen molar-refractivity contribution in [2.75, 3.05) is 41.1 Å². The van der Waals surface area contributed by atoms with Crippen LogP contribution in [0.1, 0.15) is 60.1 Å². The van der Waals surface area contributed by atoms with E-state index in [4.69, 9.17) is 23.7 Å². The van der Waals surface area contributed by atoms with Crippen LogP contribution in [0.25, 0.3) is 0 Å². The van der Waals surface area contributed by atoms with Crippen molar-refractivity contribution in [1.29, 1.82) is 0 Å². The summed E-state index contributed by atoms with van der Waals surface area (Å²) in [6, 6.07) is 7.62. The standard InChI is InChI=1S/C26H31NO6/c1-16-18-13-20-21(33-10-9-32-20)14-19(18)26(7-5-6-8-26)15-27(16)25(28)17-11-22(29-2)24(31-4)23(12-17)30-3/h11-14,16H,5-10,15H2,1-4H3. The zero-order chi connectivity index (χ0) is 23.2. The minimum Gasteiger partial charge on any atom is -0.493 e. The van der Waals surface area contributed by atoms with E-state index in [-0.39, 0.29) is 17.4 Å². The maximum Gasteiger partial charge on any atom is 0.254 e. The van der Waals surface area contributed by atoms with E-state index in [0.717, 1.165) is 42.7 Å². The highest BCUT2D eigenvalue weighted by Gasteiger charge is 2.46. The topological polar surface area (TPSA) is 66.5 Å². The summed E-state index contributed by atoms with van der Waals surface area (Å²) in [4.78, 5) is 15.9. The van der Waals surface area contributed by atoms with Crippen LogP contribution in [-0.2, 0) is 5.41 Å². The van der Waals surface area contributed by atoms with Crippen LogP contribution in [0.15, 0.2) is 24.3 Å². The van der Waals surface area contributed by atoms with E-state index in [2.05, 4.69) is 19.1 Å². The van der Waals surface area contributed by atoms with Gasteiger partial charge in [0, 0.05) is 17.5 Å². The number of fused-ring (bicyclic) bond motifs is 3. The van der Waals surface area contributed by atoms with Gasteiger partial charge in [-0.05, 0) is 55.2 Å². The number of hydrogen-bond donors (Lipinski definition) is 0. The second-order valence-corrected chi connectivity index (χ2v) is 9.09. The van der Waals surface area contributed by atoms with Crippen molar-refractivity contribution in [3.8, 4) is 28.7 Å². The second kappa shape index (κ2) is 8.36. The molecule has 7 nitrogen and oxygen atoms in total. The summed E-state index contributed by atoms with van der Waals surface area (Å²) < 4.78 is 28.2. The lowest BCUT2D eigenvalue weighted by atomic mass is 9.71. The van der Waals surface area contributed by atoms with Crippen LogP contribution in [0.5, 0.6) is 28.7 Å². The van der Waals surface area contributed by atoms with Crippen molar-refractivity contribution in [3.05, 3.63) is 41.0 Å². The summed E-state index contributed by atoms with van der Waals surface area (Å²) in [5, 5.41) is 0. The van der Waals surface area contributed by atoms with E-state index >= 15 is 0 Å². The zero-order valence-electron chi connectivity index (χ0n) is 19.7. The first-order chi connectivity index (χ1) is 16.0. The molecule has 33 heavy (non-hydrogen) atoms. The van der Waals surface area contributed by atoms with E-state index in [0.29, 0.717) is 42.6 Å². The number of carbonyl (C=O) groups excluding carboxylic acids is 1. The van der Waals surface area contributed by atoms with Gasteiger partial charge in [-0.25, -0.2) is 0 Å². The molecule has 1 unspecified atom stereocenters. The third-order valence-electron chi connectivity index (χ3n) is 7.41. The summed E-state index contributed by atoms with van der Waals surface area (Å²) >= 11 is 0. The van der Waals surface area contributed by atoms with Crippen LogP contribution >= 0.6 is 0 Å². The highest BCUT2D eigenvalue weighted by molar-refractivity contribution is 5.96. The third kappa shape index (κ3) is 3.45. The third-order valence-corrected chi connectivity index (χ3v) is 7.41. The molecule has 0 aromatic heterocycles. The number of rotatable bonds is 4. The number of carbonyl (C=O) groups is 1. The summed E-state index contributed by atoms with van der Waals surface area (Å²) in [6.45, 7) is 3.88. The van der Waals surface area contributed by atoms with Gasteiger partial charge in [0.05, 0.1) is 27.4 Å². The van der Waals surface area contributed by atoms with E-state index in [1.807, 2.05) is 4.90 Å². The van der Waals surface area contributed by atoms with Crippen LogP contribution in [0.2, 0.25) is 0 Å². The molecule has 1 atom stereocenters. The average Bonchev–Trinajstić information content (AvgIpc) is 3.33. The Balaban J connectivity index is 1.58. The largest absolute Gasteiger partial charge is 0.493 e. The Labute approximate surface area is 194 Å². The van der Waals surface area contributed by atoms with Gasteiger partial charge in [-0.1, -0.05) is 12.8 Å². The number of amides is 1. The van der Waals surface area contributed by atoms with Crippen molar-refractivity contribution in [2.24, 2.45) is 0 Å². The van der Waals surface area contributed by atoms with Crippen molar-refractivity contribution in [2.45, 2.75) is 44.1 Å². The van der Waals surface area contributed by atoms with Crippen molar-refractivity contribution >= 4 is 5.91 Å². The fraction of sp³-hybridized carbons (Fsp3) is 0.500. The molecule has 1 amide bonds. The predicted molar refractivity (Wildman–Crippen MR) is 123 cm³/mol. The molecule has 2 aromatic carbocycles. The second-order valence-electron chi connectivity index (χ2n) is 9.09. The van der Waals surface area contributed by atoms with Gasteiger partial charge < -0.3 is 28.6 Å². The Hall–Kier alpha value is -3.09. The molecule has 1 aliphatic carbocycles. The monoisotopic (exact) mass is 453 g/mol. The van der Waals surface area contributed by atoms with Crippen molar-refractivity contribution in [1.82, 2.24) is 4.90 Å². The van der Waals surface area contributed by atoms with Gasteiger partial charge in [-0.15, -0.1) is 0 Å². The Morgan fingerprint density at radius 2 is 1.55 bits per heavy atom. The van der Waals surface area contributed by atoms with Gasteiger partial charge >= 0.3 is 0 Å². The molecule has 0 radical (unpaired) electrons. The first-order valence-electron chi connectivity index (χ1n) is 11.6. The molecule has 3 aliphatic rings. The van der Waals surface area contributed by atoms with Crippen molar-refractivity contribution < 1.29 is 28.5 Å². The molecule has 5 rings (SSSR count). The molecule has 176 valence electrons. The summed E-state index contributed by atoms with van der Waals surface area (Å²) in [7, 11) is 4.68. The fourth-order valence-corrected chi connectivity index (χ4v) is 5.72. The van der Waals surface area contributed by atoms with Gasteiger partial charge in [0.25, 0.3) is 5.91 Å². The molecule has 0 saturated heterocycles. The molecule has 7 heteroatoms. The first kappa shape index (κ1) is 21.7. The van der Waals surface area contributed by atoms with Crippen LogP contribution in [0.3, 0.4) is 0 Å². The lowest BCUT2D eigenvalue weighted by molar-refractivity contribution is 0.0592. The smallest absolute Gasteiger partial charge is 0.254 e. The molecule has 1 saturated carbocycles. The van der Waals surface area contributed by atoms with Gasteiger partial charge in [0.15, 0.2) is 23.0 Å². The van der Waals surface area contributed by atoms with E-state index in [1.54, 1.807) is 33.5 Å². The molecular weight excluding hydrogens is 422 g/mol. The van der Waals surface area contributed by atoms with E-state index in [9.17, 15) is 4.79 Å². The lowest BCUT2D eigenvalue weighted by Crippen LogP contribution is -2.48. The maximum absolute atomic E-state index is 13.9. The SMILES string of the molecule is COc1cc(C(=O)N2CC3(CCCC3)c3cc4c(cc3C2C)OCCO4)cc(OC)c1OC. The molecule has 1 fully saturated rings. The summed E-state index contributed by atoms with van der Waals surface area (Å²) in [6.07, 6.45) is 4.44. The van der Waals surface area contributed by atoms with Crippen LogP contribution in [0, 0.1) is 0 Å². The normalized spacial score (nSPS) is 20.4. The molecule has 0 N–H and O–H groups in total. The van der Waals surface area contributed by atoms with Crippen LogP contribution in [-0.4, -0.2) is 51.9 Å². The van der Waals surface area contributed by atoms with Crippen LogP contribution < -0.4 is 23.7 Å². The lowest BCUT2D eigenvalue weighted by Gasteiger charge is -2.46. The first-order valence-corrected chi connectivity index (χ1v) is 11.6. The van der Waals surface area contributed by atoms with E-state index < -0.39 is 0 Å². The number of methoxy groups -OCH3 is 3. The number of nitrogens with zero attached hydrogens (tertiary/aromatic N) is 1. The number of benzene rings is 2. The quantitative estimate of drug-likeness (QED) is 0.679. The Bertz CT molecular complexity index is 1050. The van der Waals surface area contributed by atoms with E-state index in [1.165, 1.54) is 5.56 Å². The fourth-order valence-electron chi connectivity index (χ4n) is 5.72. The molecule has 0 bridgehead atoms. The van der Waals surface area contributed by atoms with Gasteiger partial charge in [0.2, 0.25) is 5.75 Å². The minimum absolute atomic E-state index is 0.0476. The number of ether oxygens (including phenoxy) is 5. The summed E-state index contributed by atoms with van der Waals surface area (Å²) in [5.41, 5.74) is 2.91. The predicted octanol–water partition coefficient (Wildman–Crippen LogP) is 4.51. The highest BCUT2D eigenvalue weighted by atomic mass is 16.6. The Morgan fingerprint density at radius 1 is 0.939 bits per heavy atom. The minimum atomic E-state index is -0.103. The highest BCUT2D eigenvalue weighted by Crippen LogP contribution is 2.52. The zero-order valence-corrected chi connectivity index (χ0v) is 19.7. The molecule has 2 aliphatic heterocycles. The maximum atomic E-state index is 13.9. The van der Waals surface area contributed by atoms with Gasteiger partial charge in [0.1, 0.15) is 13.2 Å². The van der Waals surface area contributed by atoms with Crippen molar-refractivity contribution in [3.63, 3.8) is 0 Å². The Kier molecular flexibility index (Phi) is 5.51. The summed E-state index contributed by atoms with van der Waals surface area (Å²) in [5.74, 6) is 2.96. The average molecular weight is 454 g/mol. The molecule has 2 aromatic rings. The molecular formula is C26H31NO6. The number of hydrogen-bond acceptors (Lipinski definition) is 6. The van der Waals surface area contributed by atoms with Gasteiger partial charge in [-0.2, -0.15) is 0 Å². The molecule has 1 spiro atoms. The van der Waals surface area contributed by atoms with Gasteiger partial charge in [-0.3, -0.25) is 4.79 Å². The molecule has 2 heterocycles.